The van der Waals surface area contributed by atoms with E-state index >= 15 is 0 Å². The van der Waals surface area contributed by atoms with Crippen LogP contribution in [0.15, 0.2) is 18.2 Å². The Kier molecular flexibility index (Phi) is 2.92. The molecule has 84 valence electrons. The zero-order valence-electron chi connectivity index (χ0n) is 10.2. The van der Waals surface area contributed by atoms with Gasteiger partial charge in [-0.25, -0.2) is 0 Å². The second kappa shape index (κ2) is 4.22. The topological polar surface area (TPSA) is 38.9 Å². The van der Waals surface area contributed by atoms with Crippen molar-refractivity contribution in [3.63, 3.8) is 0 Å². The Morgan fingerprint density at radius 1 is 1.12 bits per heavy atom. The lowest BCUT2D eigenvalue weighted by molar-refractivity contribution is 0.929. The summed E-state index contributed by atoms with van der Waals surface area (Å²) in [6.07, 6.45) is 0.851. The van der Waals surface area contributed by atoms with E-state index in [4.69, 9.17) is 10.7 Å². The molecule has 1 aromatic carbocycles. The van der Waals surface area contributed by atoms with Crippen LogP contribution in [-0.2, 0) is 6.42 Å². The monoisotopic (exact) mass is 214 g/mol. The van der Waals surface area contributed by atoms with Crippen LogP contribution in [0.5, 0.6) is 0 Å². The number of pyridine rings is 1. The third-order valence-corrected chi connectivity index (χ3v) is 3.17. The van der Waals surface area contributed by atoms with Gasteiger partial charge in [-0.05, 0) is 50.1 Å². The van der Waals surface area contributed by atoms with Gasteiger partial charge in [-0.2, -0.15) is 0 Å². The Hall–Kier alpha value is -1.41. The fraction of sp³-hybridized carbons (Fsp3) is 0.357. The van der Waals surface area contributed by atoms with E-state index in [1.165, 1.54) is 22.1 Å². The molecule has 2 N–H and O–H groups in total. The predicted octanol–water partition coefficient (Wildman–Crippen LogP) is 2.66. The highest BCUT2D eigenvalue weighted by atomic mass is 14.7. The van der Waals surface area contributed by atoms with E-state index in [1.807, 2.05) is 0 Å². The van der Waals surface area contributed by atoms with Crippen molar-refractivity contribution < 1.29 is 0 Å². The highest BCUT2D eigenvalue weighted by molar-refractivity contribution is 5.85. The molecule has 0 saturated carbocycles. The molecule has 0 saturated heterocycles. The maximum atomic E-state index is 5.58. The fourth-order valence-electron chi connectivity index (χ4n) is 2.04. The molecular formula is C14H18N2. The number of hydrogen-bond donors (Lipinski definition) is 1. The highest BCUT2D eigenvalue weighted by Gasteiger charge is 2.06. The summed E-state index contributed by atoms with van der Waals surface area (Å²) in [5.74, 6) is 0. The fourth-order valence-corrected chi connectivity index (χ4v) is 2.04. The first-order valence-electron chi connectivity index (χ1n) is 5.70. The van der Waals surface area contributed by atoms with Crippen LogP contribution in [0.1, 0.15) is 22.4 Å². The third-order valence-electron chi connectivity index (χ3n) is 3.17. The van der Waals surface area contributed by atoms with Crippen LogP contribution in [0.25, 0.3) is 10.9 Å². The first-order chi connectivity index (χ1) is 7.63. The highest BCUT2D eigenvalue weighted by Crippen LogP contribution is 2.23. The Bertz CT molecular complexity index is 530. The summed E-state index contributed by atoms with van der Waals surface area (Å²) in [5.41, 5.74) is 11.7. The molecule has 16 heavy (non-hydrogen) atoms. The van der Waals surface area contributed by atoms with E-state index < -0.39 is 0 Å². The molecule has 1 aromatic heterocycles. The maximum absolute atomic E-state index is 5.58. The Balaban J connectivity index is 2.73. The summed E-state index contributed by atoms with van der Waals surface area (Å²) in [4.78, 5) is 4.71. The lowest BCUT2D eigenvalue weighted by Gasteiger charge is -2.09. The summed E-state index contributed by atoms with van der Waals surface area (Å²) < 4.78 is 0. The van der Waals surface area contributed by atoms with Crippen molar-refractivity contribution >= 4 is 10.9 Å². The van der Waals surface area contributed by atoms with E-state index in [9.17, 15) is 0 Å². The molecule has 0 aliphatic rings. The molecule has 0 aliphatic heterocycles. The van der Waals surface area contributed by atoms with Gasteiger partial charge in [0.2, 0.25) is 0 Å². The van der Waals surface area contributed by atoms with Crippen LogP contribution in [0.3, 0.4) is 0 Å². The van der Waals surface area contributed by atoms with Gasteiger partial charge in [0.1, 0.15) is 0 Å². The van der Waals surface area contributed by atoms with E-state index in [1.54, 1.807) is 0 Å². The van der Waals surface area contributed by atoms with Crippen molar-refractivity contribution in [1.29, 1.82) is 0 Å². The van der Waals surface area contributed by atoms with Crippen LogP contribution in [0, 0.1) is 20.8 Å². The summed E-state index contributed by atoms with van der Waals surface area (Å²) in [7, 11) is 0. The van der Waals surface area contributed by atoms with Gasteiger partial charge in [-0.3, -0.25) is 4.98 Å². The number of rotatable bonds is 2. The molecular weight excluding hydrogens is 196 g/mol. The molecule has 2 heteroatoms. The number of nitrogens with two attached hydrogens (primary N) is 1. The zero-order valence-corrected chi connectivity index (χ0v) is 10.2. The van der Waals surface area contributed by atoms with Gasteiger partial charge in [-0.15, -0.1) is 0 Å². The lowest BCUT2D eigenvalue weighted by atomic mass is 10.0. The molecule has 0 amide bonds. The average Bonchev–Trinajstić information content (AvgIpc) is 2.25. The number of aromatic nitrogens is 1. The molecule has 2 rings (SSSR count). The molecule has 0 bridgehead atoms. The molecule has 2 aromatic rings. The van der Waals surface area contributed by atoms with Crippen molar-refractivity contribution in [2.45, 2.75) is 27.2 Å². The van der Waals surface area contributed by atoms with Crippen molar-refractivity contribution in [2.75, 3.05) is 6.54 Å². The van der Waals surface area contributed by atoms with E-state index in [0.29, 0.717) is 6.54 Å². The summed E-state index contributed by atoms with van der Waals surface area (Å²) in [6, 6.07) is 6.46. The Morgan fingerprint density at radius 3 is 2.56 bits per heavy atom. The predicted molar refractivity (Wildman–Crippen MR) is 68.7 cm³/mol. The largest absolute Gasteiger partial charge is 0.330 e. The van der Waals surface area contributed by atoms with Gasteiger partial charge in [0.05, 0.1) is 5.52 Å². The summed E-state index contributed by atoms with van der Waals surface area (Å²) in [5, 5.41) is 1.25. The Morgan fingerprint density at radius 2 is 1.88 bits per heavy atom. The van der Waals surface area contributed by atoms with Gasteiger partial charge in [0.15, 0.2) is 0 Å². The second-order valence-electron chi connectivity index (χ2n) is 4.37. The quantitative estimate of drug-likeness (QED) is 0.834. The summed E-state index contributed by atoms with van der Waals surface area (Å²) >= 11 is 0. The molecule has 2 nitrogen and oxygen atoms in total. The molecule has 0 spiro atoms. The van der Waals surface area contributed by atoms with Crippen molar-refractivity contribution in [1.82, 2.24) is 4.98 Å². The first kappa shape index (κ1) is 11.1. The second-order valence-corrected chi connectivity index (χ2v) is 4.37. The van der Waals surface area contributed by atoms with Crippen LogP contribution in [-0.4, -0.2) is 11.5 Å². The molecule has 1 heterocycles. The number of fused-ring (bicyclic) bond motifs is 1. The van der Waals surface area contributed by atoms with Crippen LogP contribution >= 0.6 is 0 Å². The van der Waals surface area contributed by atoms with E-state index in [2.05, 4.69) is 39.0 Å². The van der Waals surface area contributed by atoms with Crippen LogP contribution in [0.2, 0.25) is 0 Å². The number of benzene rings is 1. The van der Waals surface area contributed by atoms with Gasteiger partial charge in [-0.1, -0.05) is 12.1 Å². The molecule has 0 atom stereocenters. The Labute approximate surface area is 96.5 Å². The molecule has 0 radical (unpaired) electrons. The van der Waals surface area contributed by atoms with Crippen molar-refractivity contribution in [3.8, 4) is 0 Å². The first-order valence-corrected chi connectivity index (χ1v) is 5.70. The normalized spacial score (nSPS) is 11.0. The molecule has 0 fully saturated rings. The molecule has 0 aliphatic carbocycles. The van der Waals surface area contributed by atoms with E-state index in [0.717, 1.165) is 17.6 Å². The average molecular weight is 214 g/mol. The van der Waals surface area contributed by atoms with Crippen LogP contribution < -0.4 is 5.73 Å². The van der Waals surface area contributed by atoms with Crippen molar-refractivity contribution in [3.05, 3.63) is 40.6 Å². The third kappa shape index (κ3) is 1.81. The molecule has 0 unspecified atom stereocenters. The van der Waals surface area contributed by atoms with Gasteiger partial charge in [0.25, 0.3) is 0 Å². The minimum atomic E-state index is 0.656. The van der Waals surface area contributed by atoms with Gasteiger partial charge < -0.3 is 5.73 Å². The van der Waals surface area contributed by atoms with Crippen LogP contribution in [0.4, 0.5) is 0 Å². The van der Waals surface area contributed by atoms with E-state index in [-0.39, 0.29) is 0 Å². The summed E-state index contributed by atoms with van der Waals surface area (Å²) in [6.45, 7) is 7.05. The lowest BCUT2D eigenvalue weighted by Crippen LogP contribution is -2.05. The number of nitrogens with zero attached hydrogens (tertiary/aromatic N) is 1. The number of hydrogen-bond acceptors (Lipinski definition) is 2. The SMILES string of the molecule is Cc1ccc2c(C)cc(CCN)nc2c1C. The minimum Gasteiger partial charge on any atom is -0.330 e. The smallest absolute Gasteiger partial charge is 0.0739 e. The zero-order chi connectivity index (χ0) is 11.7. The minimum absolute atomic E-state index is 0.656. The standard InChI is InChI=1S/C14H18N2/c1-9-4-5-13-10(2)8-12(6-7-15)16-14(13)11(9)3/h4-5,8H,6-7,15H2,1-3H3. The van der Waals surface area contributed by atoms with Gasteiger partial charge >= 0.3 is 0 Å². The maximum Gasteiger partial charge on any atom is 0.0739 e. The number of aryl methyl sites for hydroxylation is 3. The van der Waals surface area contributed by atoms with Gasteiger partial charge in [0, 0.05) is 17.5 Å². The van der Waals surface area contributed by atoms with Crippen molar-refractivity contribution in [2.24, 2.45) is 5.73 Å².